The average molecular weight is 456 g/mol. The van der Waals surface area contributed by atoms with Crippen molar-refractivity contribution in [2.45, 2.75) is 0 Å². The molecule has 4 aromatic rings. The van der Waals surface area contributed by atoms with Gasteiger partial charge >= 0.3 is 23.9 Å². The molecule has 4 N–H and O–H groups in total. The molecule has 0 heterocycles. The van der Waals surface area contributed by atoms with Crippen molar-refractivity contribution in [3.8, 4) is 22.3 Å². The van der Waals surface area contributed by atoms with Crippen LogP contribution < -0.4 is 0 Å². The van der Waals surface area contributed by atoms with E-state index in [9.17, 15) is 39.6 Å². The van der Waals surface area contributed by atoms with Crippen LogP contribution in [0.5, 0.6) is 0 Å². The van der Waals surface area contributed by atoms with E-state index in [1.807, 2.05) is 0 Å². The molecule has 168 valence electrons. The van der Waals surface area contributed by atoms with Gasteiger partial charge in [-0.2, -0.15) is 0 Å². The third-order valence-electron chi connectivity index (χ3n) is 5.38. The number of carboxylic acid groups (broad SMARTS) is 4. The number of aromatic carboxylic acids is 4. The highest BCUT2D eigenvalue weighted by Gasteiger charge is 2.16. The summed E-state index contributed by atoms with van der Waals surface area (Å²) in [6.07, 6.45) is 0. The molecule has 0 radical (unpaired) electrons. The Kier molecular flexibility index (Phi) is 5.56. The highest BCUT2D eigenvalue weighted by molar-refractivity contribution is 6.03. The van der Waals surface area contributed by atoms with E-state index < -0.39 is 23.9 Å². The predicted octanol–water partition coefficient (Wildman–Crippen LogP) is 4.97. The number of carbonyl (C=O) groups is 4. The van der Waals surface area contributed by atoms with E-state index in [0.717, 1.165) is 12.1 Å². The molecule has 4 rings (SSSR count). The van der Waals surface area contributed by atoms with Gasteiger partial charge in [-0.25, -0.2) is 19.2 Å². The van der Waals surface area contributed by atoms with Crippen molar-refractivity contribution < 1.29 is 39.6 Å². The Morgan fingerprint density at radius 1 is 0.471 bits per heavy atom. The van der Waals surface area contributed by atoms with Crippen LogP contribution in [-0.2, 0) is 0 Å². The van der Waals surface area contributed by atoms with E-state index >= 15 is 0 Å². The van der Waals surface area contributed by atoms with Crippen LogP contribution in [0.15, 0.2) is 72.8 Å². The first-order chi connectivity index (χ1) is 16.1. The topological polar surface area (TPSA) is 149 Å². The average Bonchev–Trinajstić information content (AvgIpc) is 2.82. The number of rotatable bonds is 6. The maximum Gasteiger partial charge on any atom is 0.335 e. The SMILES string of the molecule is O=C(O)c1cc(C(=O)O)cc(-c2ccc3c(-c4cc(C(=O)O)cc(C(=O)O)c4)cccc3c2)c1. The Labute approximate surface area is 192 Å². The lowest BCUT2D eigenvalue weighted by Crippen LogP contribution is -2.03. The minimum atomic E-state index is -1.25. The van der Waals surface area contributed by atoms with E-state index in [2.05, 4.69) is 0 Å². The molecule has 34 heavy (non-hydrogen) atoms. The summed E-state index contributed by atoms with van der Waals surface area (Å²) >= 11 is 0. The Bertz CT molecular complexity index is 1450. The summed E-state index contributed by atoms with van der Waals surface area (Å²) in [6.45, 7) is 0. The van der Waals surface area contributed by atoms with Gasteiger partial charge in [-0.15, -0.1) is 0 Å². The van der Waals surface area contributed by atoms with Crippen LogP contribution >= 0.6 is 0 Å². The summed E-state index contributed by atoms with van der Waals surface area (Å²) in [6, 6.07) is 18.2. The van der Waals surface area contributed by atoms with Crippen LogP contribution in [0.4, 0.5) is 0 Å². The monoisotopic (exact) mass is 456 g/mol. The first kappa shape index (κ1) is 22.2. The molecule has 0 aromatic heterocycles. The third-order valence-corrected chi connectivity index (χ3v) is 5.38. The van der Waals surface area contributed by atoms with Gasteiger partial charge in [0.05, 0.1) is 22.3 Å². The third kappa shape index (κ3) is 4.20. The van der Waals surface area contributed by atoms with Crippen molar-refractivity contribution in [1.82, 2.24) is 0 Å². The zero-order valence-electron chi connectivity index (χ0n) is 17.4. The van der Waals surface area contributed by atoms with Gasteiger partial charge in [0.15, 0.2) is 0 Å². The fourth-order valence-electron chi connectivity index (χ4n) is 3.79. The quantitative estimate of drug-likeness (QED) is 0.318. The van der Waals surface area contributed by atoms with Crippen LogP contribution in [-0.4, -0.2) is 44.3 Å². The lowest BCUT2D eigenvalue weighted by Gasteiger charge is -2.12. The molecule has 8 nitrogen and oxygen atoms in total. The number of hydrogen-bond acceptors (Lipinski definition) is 4. The van der Waals surface area contributed by atoms with Crippen LogP contribution in [0.25, 0.3) is 33.0 Å². The van der Waals surface area contributed by atoms with Gasteiger partial charge in [0.1, 0.15) is 0 Å². The fraction of sp³-hybridized carbons (Fsp3) is 0. The zero-order chi connectivity index (χ0) is 24.6. The van der Waals surface area contributed by atoms with Gasteiger partial charge in [0, 0.05) is 0 Å². The van der Waals surface area contributed by atoms with Crippen molar-refractivity contribution in [2.24, 2.45) is 0 Å². The fourth-order valence-corrected chi connectivity index (χ4v) is 3.79. The molecule has 0 saturated heterocycles. The van der Waals surface area contributed by atoms with Crippen molar-refractivity contribution in [3.05, 3.63) is 95.1 Å². The Morgan fingerprint density at radius 2 is 0.941 bits per heavy atom. The van der Waals surface area contributed by atoms with Gasteiger partial charge in [0.2, 0.25) is 0 Å². The largest absolute Gasteiger partial charge is 0.478 e. The Balaban J connectivity index is 1.89. The molecule has 0 spiro atoms. The molecule has 0 aliphatic heterocycles. The highest BCUT2D eigenvalue weighted by Crippen LogP contribution is 2.33. The molecule has 0 saturated carbocycles. The number of hydrogen-bond donors (Lipinski definition) is 4. The number of fused-ring (bicyclic) bond motifs is 1. The molecule has 0 aliphatic rings. The lowest BCUT2D eigenvalue weighted by atomic mass is 9.92. The summed E-state index contributed by atoms with van der Waals surface area (Å²) in [7, 11) is 0. The molecular weight excluding hydrogens is 440 g/mol. The molecule has 0 aliphatic carbocycles. The van der Waals surface area contributed by atoms with Gasteiger partial charge in [-0.1, -0.05) is 30.3 Å². The highest BCUT2D eigenvalue weighted by atomic mass is 16.4. The molecule has 4 aromatic carbocycles. The normalized spacial score (nSPS) is 10.7. The lowest BCUT2D eigenvalue weighted by molar-refractivity contribution is 0.0676. The van der Waals surface area contributed by atoms with Crippen molar-refractivity contribution in [3.63, 3.8) is 0 Å². The van der Waals surface area contributed by atoms with Gasteiger partial charge in [0.25, 0.3) is 0 Å². The minimum absolute atomic E-state index is 0.157. The second-order valence-electron chi connectivity index (χ2n) is 7.56. The molecule has 0 fully saturated rings. The van der Waals surface area contributed by atoms with E-state index in [0.29, 0.717) is 33.0 Å². The zero-order valence-corrected chi connectivity index (χ0v) is 17.4. The van der Waals surface area contributed by atoms with Crippen LogP contribution in [0.3, 0.4) is 0 Å². The molecule has 8 heteroatoms. The minimum Gasteiger partial charge on any atom is -0.478 e. The van der Waals surface area contributed by atoms with Crippen LogP contribution in [0, 0.1) is 0 Å². The smallest absolute Gasteiger partial charge is 0.335 e. The number of carboxylic acids is 4. The molecule has 0 unspecified atom stereocenters. The number of benzene rings is 4. The first-order valence-electron chi connectivity index (χ1n) is 9.91. The maximum atomic E-state index is 11.5. The summed E-state index contributed by atoms with van der Waals surface area (Å²) in [5.74, 6) is -5.00. The summed E-state index contributed by atoms with van der Waals surface area (Å²) < 4.78 is 0. The van der Waals surface area contributed by atoms with E-state index in [4.69, 9.17) is 0 Å². The van der Waals surface area contributed by atoms with Gasteiger partial charge in [-0.05, 0) is 75.5 Å². The van der Waals surface area contributed by atoms with Crippen LogP contribution in [0.2, 0.25) is 0 Å². The second-order valence-corrected chi connectivity index (χ2v) is 7.56. The van der Waals surface area contributed by atoms with Crippen LogP contribution in [0.1, 0.15) is 41.4 Å². The second kappa shape index (κ2) is 8.51. The predicted molar refractivity (Wildman–Crippen MR) is 123 cm³/mol. The molecule has 0 amide bonds. The maximum absolute atomic E-state index is 11.5. The summed E-state index contributed by atoms with van der Waals surface area (Å²) in [4.78, 5) is 45.9. The molecule has 0 atom stereocenters. The standard InChI is InChI=1S/C26H16O8/c27-23(28)17-7-15(8-18(11-17)24(29)30)13-4-5-22-14(6-13)2-1-3-21(22)16-9-19(25(31)32)12-20(10-16)26(33)34/h1-12H,(H,27,28)(H,29,30)(H,31,32)(H,33,34). The summed E-state index contributed by atoms with van der Waals surface area (Å²) in [5, 5.41) is 38.9. The van der Waals surface area contributed by atoms with Gasteiger partial charge < -0.3 is 20.4 Å². The molecule has 0 bridgehead atoms. The Hall–Kier alpha value is -4.98. The van der Waals surface area contributed by atoms with Gasteiger partial charge in [-0.3, -0.25) is 0 Å². The van der Waals surface area contributed by atoms with Crippen molar-refractivity contribution in [2.75, 3.05) is 0 Å². The first-order valence-corrected chi connectivity index (χ1v) is 9.91. The van der Waals surface area contributed by atoms with E-state index in [-0.39, 0.29) is 22.3 Å². The van der Waals surface area contributed by atoms with Crippen molar-refractivity contribution in [1.29, 1.82) is 0 Å². The van der Waals surface area contributed by atoms with E-state index in [1.54, 1.807) is 36.4 Å². The molecular formula is C26H16O8. The summed E-state index contributed by atoms with van der Waals surface area (Å²) in [5.41, 5.74) is 1.39. The Morgan fingerprint density at radius 3 is 1.41 bits per heavy atom. The van der Waals surface area contributed by atoms with Crippen molar-refractivity contribution >= 4 is 34.6 Å². The van der Waals surface area contributed by atoms with E-state index in [1.165, 1.54) is 24.3 Å².